The first kappa shape index (κ1) is 27.1. The van der Waals surface area contributed by atoms with Crippen molar-refractivity contribution in [3.05, 3.63) is 98.6 Å². The molecule has 5 aromatic rings. The van der Waals surface area contributed by atoms with Gasteiger partial charge in [0.2, 0.25) is 5.43 Å². The van der Waals surface area contributed by atoms with E-state index in [1.165, 1.54) is 13.2 Å². The lowest BCUT2D eigenvalue weighted by Crippen LogP contribution is -2.51. The molecule has 8 heteroatoms. The molecule has 208 valence electrons. The van der Waals surface area contributed by atoms with Gasteiger partial charge in [0.05, 0.1) is 29.1 Å². The highest BCUT2D eigenvalue weighted by atomic mass is 79.9. The summed E-state index contributed by atoms with van der Waals surface area (Å²) in [7, 11) is 3.34. The first-order chi connectivity index (χ1) is 19.6. The minimum absolute atomic E-state index is 0.221. The fraction of sp³-hybridized carbons (Fsp3) is 0.212. The van der Waals surface area contributed by atoms with Crippen molar-refractivity contribution in [3.63, 3.8) is 0 Å². The first-order valence-electron chi connectivity index (χ1n) is 13.2. The molecule has 0 bridgehead atoms. The monoisotopic (exact) mass is 613 g/mol. The van der Waals surface area contributed by atoms with Gasteiger partial charge in [-0.15, -0.1) is 0 Å². The Labute approximate surface area is 244 Å². The number of pyridine rings is 1. The van der Waals surface area contributed by atoms with Gasteiger partial charge >= 0.3 is 5.97 Å². The van der Waals surface area contributed by atoms with Gasteiger partial charge in [-0.05, 0) is 60.5 Å². The summed E-state index contributed by atoms with van der Waals surface area (Å²) in [5, 5.41) is 14.6. The Morgan fingerprint density at radius 2 is 1.80 bits per heavy atom. The zero-order valence-corrected chi connectivity index (χ0v) is 24.6. The number of aryl methyl sites for hydroxylation is 1. The molecular weight excluding hydrogens is 586 g/mol. The Morgan fingerprint density at radius 1 is 1.07 bits per heavy atom. The molecule has 2 heterocycles. The molecule has 0 unspecified atom stereocenters. The normalized spacial score (nSPS) is 18.0. The van der Waals surface area contributed by atoms with Gasteiger partial charge in [-0.3, -0.25) is 4.79 Å². The second-order valence-corrected chi connectivity index (χ2v) is 11.6. The van der Waals surface area contributed by atoms with E-state index in [0.717, 1.165) is 20.8 Å². The second kappa shape index (κ2) is 10.0. The van der Waals surface area contributed by atoms with Crippen molar-refractivity contribution in [2.24, 2.45) is 7.05 Å². The van der Waals surface area contributed by atoms with Gasteiger partial charge in [0.15, 0.2) is 6.10 Å². The van der Waals surface area contributed by atoms with Crippen LogP contribution in [-0.2, 0) is 16.6 Å². The Kier molecular flexibility index (Phi) is 6.63. The topological polar surface area (TPSA) is 87.0 Å². The van der Waals surface area contributed by atoms with E-state index in [1.54, 1.807) is 26.0 Å². The van der Waals surface area contributed by atoms with Crippen LogP contribution in [0, 0.1) is 0 Å². The number of aliphatic hydroxyl groups excluding tert-OH is 1. The molecule has 0 radical (unpaired) electrons. The van der Waals surface area contributed by atoms with Gasteiger partial charge in [-0.2, -0.15) is 0 Å². The highest BCUT2D eigenvalue weighted by molar-refractivity contribution is 9.10. The number of nitrogens with zero attached hydrogens (tertiary/aromatic N) is 1. The molecule has 1 aromatic heterocycles. The van der Waals surface area contributed by atoms with E-state index in [2.05, 4.69) is 15.9 Å². The summed E-state index contributed by atoms with van der Waals surface area (Å²) >= 11 is 3.42. The lowest BCUT2D eigenvalue weighted by molar-refractivity contribution is -0.171. The summed E-state index contributed by atoms with van der Waals surface area (Å²) < 4.78 is 20.6. The highest BCUT2D eigenvalue weighted by Gasteiger charge is 2.47. The number of esters is 1. The zero-order valence-electron chi connectivity index (χ0n) is 23.0. The highest BCUT2D eigenvalue weighted by Crippen LogP contribution is 2.47. The molecule has 1 aliphatic rings. The van der Waals surface area contributed by atoms with E-state index in [-0.39, 0.29) is 5.43 Å². The number of benzene rings is 4. The largest absolute Gasteiger partial charge is 0.496 e. The summed E-state index contributed by atoms with van der Waals surface area (Å²) in [6.07, 6.45) is 0.619. The molecule has 2 atom stereocenters. The fourth-order valence-corrected chi connectivity index (χ4v) is 6.11. The van der Waals surface area contributed by atoms with Crippen LogP contribution in [0.25, 0.3) is 38.7 Å². The van der Waals surface area contributed by atoms with Gasteiger partial charge in [0.1, 0.15) is 23.2 Å². The molecule has 0 saturated heterocycles. The average Bonchev–Trinajstić information content (AvgIpc) is 2.95. The maximum atomic E-state index is 14.0. The minimum Gasteiger partial charge on any atom is -0.496 e. The number of hydrogen-bond acceptors (Lipinski definition) is 6. The fourth-order valence-electron chi connectivity index (χ4n) is 5.70. The van der Waals surface area contributed by atoms with Crippen LogP contribution in [0.1, 0.15) is 31.1 Å². The predicted molar refractivity (Wildman–Crippen MR) is 163 cm³/mol. The smallest absolute Gasteiger partial charge is 0.331 e. The van der Waals surface area contributed by atoms with E-state index in [9.17, 15) is 14.7 Å². The van der Waals surface area contributed by atoms with E-state index >= 15 is 0 Å². The van der Waals surface area contributed by atoms with Crippen LogP contribution in [0.2, 0.25) is 0 Å². The van der Waals surface area contributed by atoms with Gasteiger partial charge in [0, 0.05) is 29.0 Å². The number of carbonyl (C=O) groups is 1. The molecule has 41 heavy (non-hydrogen) atoms. The Bertz CT molecular complexity index is 1960. The Balaban J connectivity index is 1.51. The molecular formula is C33H28BrNO6. The number of carbonyl (C=O) groups excluding carboxylic acids is 1. The summed E-state index contributed by atoms with van der Waals surface area (Å²) in [6.45, 7) is 3.49. The third-order valence-corrected chi connectivity index (χ3v) is 8.16. The van der Waals surface area contributed by atoms with E-state index in [1.807, 2.05) is 72.3 Å². The first-order valence-corrected chi connectivity index (χ1v) is 14.0. The molecule has 0 fully saturated rings. The number of hydrogen-bond donors (Lipinski definition) is 1. The molecule has 0 saturated carbocycles. The number of halogens is 1. The Morgan fingerprint density at radius 3 is 2.51 bits per heavy atom. The number of rotatable bonds is 4. The van der Waals surface area contributed by atoms with Crippen LogP contribution in [0.15, 0.2) is 82.1 Å². The standard InChI is InChI=1S/C33H28BrNO6/c1-33(2)32(40-26(36)13-12-18-8-7-11-21(34)14-18)31(38)28-25(41-33)17-24(39-4)27-29(28)35(3)23-16-20-10-6-5-9-19(20)15-22(23)30(27)37/h5-17,31-32,38H,1-4H3/t31-,32-/m1/s1. The molecule has 1 aliphatic heterocycles. The summed E-state index contributed by atoms with van der Waals surface area (Å²) in [5.74, 6) is 0.0709. The van der Waals surface area contributed by atoms with Crippen LogP contribution in [0.3, 0.4) is 0 Å². The number of methoxy groups -OCH3 is 1. The van der Waals surface area contributed by atoms with Crippen LogP contribution in [0.5, 0.6) is 11.5 Å². The third kappa shape index (κ3) is 4.57. The Hall–Kier alpha value is -4.14. The van der Waals surface area contributed by atoms with Crippen LogP contribution < -0.4 is 14.9 Å². The molecule has 7 nitrogen and oxygen atoms in total. The quantitative estimate of drug-likeness (QED) is 0.142. The van der Waals surface area contributed by atoms with Gasteiger partial charge in [-0.25, -0.2) is 4.79 Å². The summed E-state index contributed by atoms with van der Waals surface area (Å²) in [5.41, 5.74) is 1.02. The van der Waals surface area contributed by atoms with Crippen molar-refractivity contribution in [1.82, 2.24) is 4.57 Å². The number of aliphatic hydroxyl groups is 1. The third-order valence-electron chi connectivity index (χ3n) is 7.66. The molecule has 0 spiro atoms. The summed E-state index contributed by atoms with van der Waals surface area (Å²) in [4.78, 5) is 26.9. The average molecular weight is 614 g/mol. The SMILES string of the molecule is COc1cc2c(c3c1c(=O)c1cc4ccccc4cc1n3C)[C@@H](O)[C@@H](OC(=O)C=Cc1cccc(Br)c1)C(C)(C)O2. The van der Waals surface area contributed by atoms with Gasteiger partial charge in [0.25, 0.3) is 0 Å². The van der Waals surface area contributed by atoms with E-state index in [0.29, 0.717) is 38.9 Å². The number of fused-ring (bicyclic) bond motifs is 5. The van der Waals surface area contributed by atoms with Crippen LogP contribution >= 0.6 is 15.9 Å². The van der Waals surface area contributed by atoms with Gasteiger partial charge < -0.3 is 23.9 Å². The molecule has 6 rings (SSSR count). The summed E-state index contributed by atoms with van der Waals surface area (Å²) in [6, 6.07) is 20.8. The van der Waals surface area contributed by atoms with Crippen molar-refractivity contribution < 1.29 is 24.1 Å². The second-order valence-electron chi connectivity index (χ2n) is 10.7. The van der Waals surface area contributed by atoms with Crippen LogP contribution in [-0.4, -0.2) is 34.5 Å². The minimum atomic E-state index is -1.28. The lowest BCUT2D eigenvalue weighted by atomic mass is 9.86. The molecule has 1 N–H and O–H groups in total. The van der Waals surface area contributed by atoms with Crippen molar-refractivity contribution >= 4 is 60.6 Å². The van der Waals surface area contributed by atoms with E-state index in [4.69, 9.17) is 14.2 Å². The number of ether oxygens (including phenoxy) is 3. The number of aromatic nitrogens is 1. The van der Waals surface area contributed by atoms with Crippen LogP contribution in [0.4, 0.5) is 0 Å². The lowest BCUT2D eigenvalue weighted by Gasteiger charge is -2.42. The molecule has 0 amide bonds. The maximum absolute atomic E-state index is 14.0. The van der Waals surface area contributed by atoms with Crippen molar-refractivity contribution in [2.45, 2.75) is 31.7 Å². The van der Waals surface area contributed by atoms with Crippen molar-refractivity contribution in [3.8, 4) is 11.5 Å². The van der Waals surface area contributed by atoms with Crippen molar-refractivity contribution in [1.29, 1.82) is 0 Å². The molecule has 0 aliphatic carbocycles. The van der Waals surface area contributed by atoms with E-state index < -0.39 is 23.8 Å². The zero-order chi connectivity index (χ0) is 29.1. The van der Waals surface area contributed by atoms with Crippen molar-refractivity contribution in [2.75, 3.05) is 7.11 Å². The van der Waals surface area contributed by atoms with Gasteiger partial charge in [-0.1, -0.05) is 52.3 Å². The predicted octanol–water partition coefficient (Wildman–Crippen LogP) is 6.45. The maximum Gasteiger partial charge on any atom is 0.331 e. The molecule has 4 aromatic carbocycles.